The number of imidazole rings is 1. The van der Waals surface area contributed by atoms with Crippen molar-refractivity contribution in [1.29, 1.82) is 0 Å². The zero-order chi connectivity index (χ0) is 17.9. The average molecular weight is 387 g/mol. The number of carbonyl (C=O) groups excluding carboxylic acids is 1. The number of fused-ring (bicyclic) bond motifs is 1. The Balaban J connectivity index is 0.00000210. The molecule has 3 aromatic rings. The van der Waals surface area contributed by atoms with Crippen LogP contribution < -0.4 is 10.6 Å². The first-order valence-electron chi connectivity index (χ1n) is 8.83. The monoisotopic (exact) mass is 386 g/mol. The van der Waals surface area contributed by atoms with Crippen molar-refractivity contribution in [2.45, 2.75) is 12.5 Å². The second-order valence-corrected chi connectivity index (χ2v) is 6.54. The minimum atomic E-state index is -0.0107. The Bertz CT molecular complexity index is 917. The summed E-state index contributed by atoms with van der Waals surface area (Å²) in [7, 11) is 2.01. The number of aryl methyl sites for hydroxylation is 1. The molecule has 1 unspecified atom stereocenters. The topological polar surface area (TPSA) is 68.2 Å². The summed E-state index contributed by atoms with van der Waals surface area (Å²) in [6.45, 7) is 2.09. The summed E-state index contributed by atoms with van der Waals surface area (Å²) in [5.41, 5.74) is 3.88. The Morgan fingerprint density at radius 2 is 2.04 bits per heavy atom. The highest BCUT2D eigenvalue weighted by Crippen LogP contribution is 2.24. The SMILES string of the molecule is Cl.Cn1c(-c2ccc(NC(=O)CC3COCCN3)cc2)nc2ccccc21. The van der Waals surface area contributed by atoms with Crippen LogP contribution in [-0.2, 0) is 16.6 Å². The number of rotatable bonds is 4. The molecule has 7 heteroatoms. The predicted octanol–water partition coefficient (Wildman–Crippen LogP) is 2.98. The van der Waals surface area contributed by atoms with E-state index >= 15 is 0 Å². The summed E-state index contributed by atoms with van der Waals surface area (Å²) >= 11 is 0. The van der Waals surface area contributed by atoms with Crippen LogP contribution in [0.2, 0.25) is 0 Å². The molecule has 1 atom stereocenters. The third kappa shape index (κ3) is 4.30. The number of carbonyl (C=O) groups is 1. The number of morpholine rings is 1. The number of hydrogen-bond acceptors (Lipinski definition) is 4. The minimum absolute atomic E-state index is 0. The number of nitrogens with one attached hydrogen (secondary N) is 2. The molecule has 2 heterocycles. The smallest absolute Gasteiger partial charge is 0.226 e. The van der Waals surface area contributed by atoms with Crippen LogP contribution in [0.25, 0.3) is 22.4 Å². The fraction of sp³-hybridized carbons (Fsp3) is 0.300. The van der Waals surface area contributed by atoms with E-state index in [1.165, 1.54) is 0 Å². The van der Waals surface area contributed by atoms with Crippen LogP contribution in [0, 0.1) is 0 Å². The number of benzene rings is 2. The summed E-state index contributed by atoms with van der Waals surface area (Å²) in [6, 6.07) is 16.0. The third-order valence-electron chi connectivity index (χ3n) is 4.64. The Morgan fingerprint density at radius 1 is 1.26 bits per heavy atom. The Morgan fingerprint density at radius 3 is 2.74 bits per heavy atom. The highest BCUT2D eigenvalue weighted by Gasteiger charge is 2.17. The maximum Gasteiger partial charge on any atom is 0.226 e. The van der Waals surface area contributed by atoms with E-state index in [0.29, 0.717) is 19.6 Å². The van der Waals surface area contributed by atoms with E-state index in [1.807, 2.05) is 49.5 Å². The zero-order valence-electron chi connectivity index (χ0n) is 15.1. The standard InChI is InChI=1S/C20H22N4O2.ClH/c1-24-18-5-3-2-4-17(18)23-20(24)14-6-8-15(9-7-14)22-19(25)12-16-13-26-11-10-21-16;/h2-9,16,21H,10-13H2,1H3,(H,22,25);1H. The summed E-state index contributed by atoms with van der Waals surface area (Å²) < 4.78 is 7.46. The molecule has 0 aliphatic carbocycles. The molecule has 1 amide bonds. The molecular formula is C20H23ClN4O2. The van der Waals surface area contributed by atoms with E-state index in [0.717, 1.165) is 34.7 Å². The fourth-order valence-corrected chi connectivity index (χ4v) is 3.29. The Kier molecular flexibility index (Phi) is 6.11. The van der Waals surface area contributed by atoms with Gasteiger partial charge in [-0.15, -0.1) is 12.4 Å². The molecule has 27 heavy (non-hydrogen) atoms. The predicted molar refractivity (Wildman–Crippen MR) is 109 cm³/mol. The van der Waals surface area contributed by atoms with E-state index in [1.54, 1.807) is 0 Å². The van der Waals surface area contributed by atoms with Gasteiger partial charge in [0.1, 0.15) is 5.82 Å². The second kappa shape index (κ2) is 8.52. The van der Waals surface area contributed by atoms with Crippen LogP contribution in [0.4, 0.5) is 5.69 Å². The summed E-state index contributed by atoms with van der Waals surface area (Å²) in [6.07, 6.45) is 0.409. The number of amides is 1. The molecule has 6 nitrogen and oxygen atoms in total. The Hall–Kier alpha value is -2.41. The van der Waals surface area contributed by atoms with Gasteiger partial charge in [0, 0.05) is 37.3 Å². The van der Waals surface area contributed by atoms with Crippen LogP contribution in [0.1, 0.15) is 6.42 Å². The number of para-hydroxylation sites is 2. The average Bonchev–Trinajstić information content (AvgIpc) is 3.00. The van der Waals surface area contributed by atoms with E-state index in [2.05, 4.69) is 21.3 Å². The maximum absolute atomic E-state index is 12.2. The molecule has 0 spiro atoms. The van der Waals surface area contributed by atoms with Gasteiger partial charge in [-0.05, 0) is 36.4 Å². The molecule has 4 rings (SSSR count). The van der Waals surface area contributed by atoms with Gasteiger partial charge in [0.15, 0.2) is 0 Å². The lowest BCUT2D eigenvalue weighted by atomic mass is 10.1. The van der Waals surface area contributed by atoms with Gasteiger partial charge >= 0.3 is 0 Å². The highest BCUT2D eigenvalue weighted by molar-refractivity contribution is 5.91. The molecule has 2 N–H and O–H groups in total. The summed E-state index contributed by atoms with van der Waals surface area (Å²) in [5, 5.41) is 6.24. The fourth-order valence-electron chi connectivity index (χ4n) is 3.29. The van der Waals surface area contributed by atoms with E-state index in [4.69, 9.17) is 9.72 Å². The lowest BCUT2D eigenvalue weighted by Gasteiger charge is -2.23. The normalized spacial score (nSPS) is 16.7. The second-order valence-electron chi connectivity index (χ2n) is 6.54. The molecule has 2 aromatic carbocycles. The first-order chi connectivity index (χ1) is 12.7. The van der Waals surface area contributed by atoms with Crippen molar-refractivity contribution in [3.8, 4) is 11.4 Å². The quantitative estimate of drug-likeness (QED) is 0.723. The lowest BCUT2D eigenvalue weighted by molar-refractivity contribution is -0.117. The Labute approximate surface area is 164 Å². The van der Waals surface area contributed by atoms with Crippen molar-refractivity contribution in [2.24, 2.45) is 7.05 Å². The molecule has 1 aliphatic rings. The molecule has 1 saturated heterocycles. The van der Waals surface area contributed by atoms with Crippen molar-refractivity contribution in [2.75, 3.05) is 25.1 Å². The van der Waals surface area contributed by atoms with Crippen LogP contribution >= 0.6 is 12.4 Å². The van der Waals surface area contributed by atoms with Gasteiger partial charge < -0.3 is 19.9 Å². The van der Waals surface area contributed by atoms with Crippen molar-refractivity contribution < 1.29 is 9.53 Å². The molecule has 1 aliphatic heterocycles. The molecule has 1 fully saturated rings. The first-order valence-corrected chi connectivity index (χ1v) is 8.83. The van der Waals surface area contributed by atoms with Crippen LogP contribution in [0.3, 0.4) is 0 Å². The molecule has 0 bridgehead atoms. The first kappa shape index (κ1) is 19.4. The van der Waals surface area contributed by atoms with E-state index < -0.39 is 0 Å². The third-order valence-corrected chi connectivity index (χ3v) is 4.64. The minimum Gasteiger partial charge on any atom is -0.378 e. The number of hydrogen-bond donors (Lipinski definition) is 2. The van der Waals surface area contributed by atoms with Crippen LogP contribution in [0.15, 0.2) is 48.5 Å². The molecule has 0 saturated carbocycles. The number of anilines is 1. The van der Waals surface area contributed by atoms with Crippen molar-refractivity contribution >= 4 is 35.0 Å². The number of aromatic nitrogens is 2. The van der Waals surface area contributed by atoms with Crippen LogP contribution in [0.5, 0.6) is 0 Å². The molecular weight excluding hydrogens is 364 g/mol. The molecule has 0 radical (unpaired) electrons. The van der Waals surface area contributed by atoms with Crippen molar-refractivity contribution in [3.05, 3.63) is 48.5 Å². The van der Waals surface area contributed by atoms with E-state index in [9.17, 15) is 4.79 Å². The van der Waals surface area contributed by atoms with Crippen molar-refractivity contribution in [3.63, 3.8) is 0 Å². The van der Waals surface area contributed by atoms with Crippen LogP contribution in [-0.4, -0.2) is 41.3 Å². The van der Waals surface area contributed by atoms with E-state index in [-0.39, 0.29) is 24.4 Å². The molecule has 1 aromatic heterocycles. The van der Waals surface area contributed by atoms with Crippen molar-refractivity contribution in [1.82, 2.24) is 14.9 Å². The lowest BCUT2D eigenvalue weighted by Crippen LogP contribution is -2.43. The highest BCUT2D eigenvalue weighted by atomic mass is 35.5. The number of halogens is 1. The summed E-state index contributed by atoms with van der Waals surface area (Å²) in [4.78, 5) is 16.9. The number of ether oxygens (including phenoxy) is 1. The largest absolute Gasteiger partial charge is 0.378 e. The van der Waals surface area contributed by atoms with Gasteiger partial charge in [-0.25, -0.2) is 4.98 Å². The van der Waals surface area contributed by atoms with Gasteiger partial charge in [-0.2, -0.15) is 0 Å². The van der Waals surface area contributed by atoms with Gasteiger partial charge in [-0.3, -0.25) is 4.79 Å². The van der Waals surface area contributed by atoms with Gasteiger partial charge in [0.05, 0.1) is 24.2 Å². The molecule has 142 valence electrons. The number of nitrogens with zero attached hydrogens (tertiary/aromatic N) is 2. The van der Waals surface area contributed by atoms with Gasteiger partial charge in [-0.1, -0.05) is 12.1 Å². The van der Waals surface area contributed by atoms with Gasteiger partial charge in [0.2, 0.25) is 5.91 Å². The van der Waals surface area contributed by atoms with Gasteiger partial charge in [0.25, 0.3) is 0 Å². The summed E-state index contributed by atoms with van der Waals surface area (Å²) in [5.74, 6) is 0.899. The maximum atomic E-state index is 12.2. The zero-order valence-corrected chi connectivity index (χ0v) is 16.0.